The first-order valence-electron chi connectivity index (χ1n) is 12.9. The number of nitrogens with zero attached hydrogens (tertiary/aromatic N) is 3. The van der Waals surface area contributed by atoms with Gasteiger partial charge in [0, 0.05) is 49.2 Å². The van der Waals surface area contributed by atoms with Crippen molar-refractivity contribution >= 4 is 32.8 Å². The van der Waals surface area contributed by atoms with Crippen LogP contribution in [0.5, 0.6) is 0 Å². The van der Waals surface area contributed by atoms with Crippen LogP contribution in [0.25, 0.3) is 0 Å². The maximum atomic E-state index is 13.6. The number of halogens is 3. The molecule has 5 rings (SSSR count). The molecule has 1 aromatic rings. The van der Waals surface area contributed by atoms with Crippen molar-refractivity contribution < 1.29 is 36.5 Å². The zero-order valence-corrected chi connectivity index (χ0v) is 23.1. The number of allylic oxidation sites excluding steroid dienone is 4. The van der Waals surface area contributed by atoms with Crippen molar-refractivity contribution in [1.29, 1.82) is 0 Å². The summed E-state index contributed by atoms with van der Waals surface area (Å²) in [6.07, 6.45) is 0.571. The Balaban J connectivity index is 1.43. The number of morpholine rings is 1. The number of aliphatic hydroxyl groups is 2. The van der Waals surface area contributed by atoms with E-state index in [0.717, 1.165) is 0 Å². The van der Waals surface area contributed by atoms with Gasteiger partial charge in [0.2, 0.25) is 10.0 Å². The number of sulfonamides is 1. The second-order valence-corrected chi connectivity index (χ2v) is 13.1. The quantitative estimate of drug-likeness (QED) is 0.490. The molecule has 0 unspecified atom stereocenters. The lowest BCUT2D eigenvalue weighted by Gasteiger charge is -2.46. The number of rotatable bonds is 6. The highest BCUT2D eigenvalue weighted by Gasteiger charge is 2.51. The maximum Gasteiger partial charge on any atom is 0.421 e. The molecular weight excluding hydrogens is 555 g/mol. The Bertz CT molecular complexity index is 1270. The van der Waals surface area contributed by atoms with Gasteiger partial charge >= 0.3 is 6.18 Å². The molecule has 1 aromatic carbocycles. The summed E-state index contributed by atoms with van der Waals surface area (Å²) in [5.41, 5.74) is -2.66. The van der Waals surface area contributed by atoms with Crippen LogP contribution in [0.4, 0.5) is 18.9 Å². The lowest BCUT2D eigenvalue weighted by molar-refractivity contribution is -0.258. The summed E-state index contributed by atoms with van der Waals surface area (Å²) in [4.78, 5) is 4.64. The number of aliphatic hydroxyl groups excluding tert-OH is 1. The van der Waals surface area contributed by atoms with Gasteiger partial charge in [-0.2, -0.15) is 17.5 Å². The fraction of sp³-hybridized carbons (Fsp3) is 0.577. The van der Waals surface area contributed by atoms with Gasteiger partial charge in [-0.15, -0.1) is 0 Å². The molecule has 2 N–H and O–H groups in total. The van der Waals surface area contributed by atoms with Crippen molar-refractivity contribution in [1.82, 2.24) is 9.21 Å². The number of fused-ring (bicyclic) bond motifs is 2. The van der Waals surface area contributed by atoms with E-state index in [1.807, 2.05) is 4.90 Å². The molecule has 214 valence electrons. The first-order chi connectivity index (χ1) is 18.3. The van der Waals surface area contributed by atoms with Crippen LogP contribution >= 0.6 is 12.2 Å². The van der Waals surface area contributed by atoms with Crippen LogP contribution in [0, 0.1) is 0 Å². The van der Waals surface area contributed by atoms with Gasteiger partial charge in [-0.1, -0.05) is 36.5 Å². The Morgan fingerprint density at radius 1 is 1.15 bits per heavy atom. The lowest BCUT2D eigenvalue weighted by Crippen LogP contribution is -2.61. The van der Waals surface area contributed by atoms with Gasteiger partial charge < -0.3 is 19.8 Å². The van der Waals surface area contributed by atoms with Crippen molar-refractivity contribution in [2.24, 2.45) is 0 Å². The number of hydrogen-bond donors (Lipinski definition) is 2. The molecule has 0 spiro atoms. The van der Waals surface area contributed by atoms with E-state index in [2.05, 4.69) is 4.90 Å². The van der Waals surface area contributed by atoms with E-state index in [1.54, 1.807) is 12.2 Å². The number of benzene rings is 1. The van der Waals surface area contributed by atoms with E-state index < -0.39 is 27.9 Å². The number of thiocarbonyl (C=S) groups is 1. The van der Waals surface area contributed by atoms with Gasteiger partial charge in [0.25, 0.3) is 0 Å². The highest BCUT2D eigenvalue weighted by Crippen LogP contribution is 2.39. The molecule has 3 heterocycles. The molecular formula is C26H32F3N3O5S2. The molecule has 13 heteroatoms. The third-order valence-corrected chi connectivity index (χ3v) is 10.7. The Hall–Kier alpha value is -1.87. The molecule has 5 atom stereocenters. The van der Waals surface area contributed by atoms with Crippen molar-refractivity contribution in [3.8, 4) is 0 Å². The van der Waals surface area contributed by atoms with Gasteiger partial charge in [-0.3, -0.25) is 4.90 Å². The summed E-state index contributed by atoms with van der Waals surface area (Å²) >= 11 is 5.34. The Morgan fingerprint density at radius 3 is 2.51 bits per heavy atom. The molecule has 0 amide bonds. The van der Waals surface area contributed by atoms with Crippen LogP contribution in [-0.2, 0) is 20.4 Å². The Morgan fingerprint density at radius 2 is 1.87 bits per heavy atom. The van der Waals surface area contributed by atoms with Gasteiger partial charge in [0.15, 0.2) is 5.60 Å². The minimum atomic E-state index is -4.84. The largest absolute Gasteiger partial charge is 0.421 e. The van der Waals surface area contributed by atoms with Gasteiger partial charge in [-0.05, 0) is 37.1 Å². The minimum absolute atomic E-state index is 0.00407. The number of piperazine rings is 1. The standard InChI is InChI=1S/C26H32F3N3O5S2/c1-25(34,26(27,28)29)17-6-8-18(9-7-17)31-11-10-30(39(35,36)24-5-3-2-4-23(24)38)13-20(31)14-32-19-12-22(33)21(32)16-37-15-19/h2-3,5-9,19-22,33-34H,4,10-16H2,1H3/t19-,20+,21-,22+,25+/m0/s1. The molecule has 4 aliphatic rings. The maximum absolute atomic E-state index is 13.6. The zero-order chi connectivity index (χ0) is 28.2. The summed E-state index contributed by atoms with van der Waals surface area (Å²) < 4.78 is 74.3. The third kappa shape index (κ3) is 5.30. The molecule has 3 aliphatic heterocycles. The fourth-order valence-corrected chi connectivity index (χ4v) is 7.93. The van der Waals surface area contributed by atoms with Gasteiger partial charge in [0.1, 0.15) is 0 Å². The van der Waals surface area contributed by atoms with E-state index in [4.69, 9.17) is 17.0 Å². The molecule has 0 aromatic heterocycles. The topological polar surface area (TPSA) is 93.6 Å². The smallest absolute Gasteiger partial charge is 0.391 e. The molecule has 2 bridgehead atoms. The Labute approximate surface area is 231 Å². The molecule has 39 heavy (non-hydrogen) atoms. The molecule has 0 radical (unpaired) electrons. The van der Waals surface area contributed by atoms with Gasteiger partial charge in [-0.25, -0.2) is 8.42 Å². The van der Waals surface area contributed by atoms with E-state index in [-0.39, 0.29) is 41.7 Å². The molecule has 0 saturated carbocycles. The number of anilines is 1. The SMILES string of the molecule is C[C@@](O)(c1ccc(N2CCN(S(=O)(=O)C3=CC=CCC3=S)C[C@@H]2CN2[C@@H]3COC[C@H]2[C@H](O)C3)cc1)C(F)(F)F. The molecule has 8 nitrogen and oxygen atoms in total. The average molecular weight is 588 g/mol. The van der Waals surface area contributed by atoms with Crippen LogP contribution in [0.2, 0.25) is 0 Å². The second-order valence-electron chi connectivity index (χ2n) is 10.7. The lowest BCUT2D eigenvalue weighted by atomic mass is 9.95. The van der Waals surface area contributed by atoms with E-state index in [9.17, 15) is 31.8 Å². The summed E-state index contributed by atoms with van der Waals surface area (Å²) in [6, 6.07) is 4.99. The highest BCUT2D eigenvalue weighted by molar-refractivity contribution is 7.96. The van der Waals surface area contributed by atoms with E-state index in [1.165, 1.54) is 34.6 Å². The second kappa shape index (κ2) is 10.5. The van der Waals surface area contributed by atoms with Crippen LogP contribution in [-0.4, -0.2) is 102 Å². The van der Waals surface area contributed by atoms with Crippen LogP contribution in [0.1, 0.15) is 25.3 Å². The summed E-state index contributed by atoms with van der Waals surface area (Å²) in [5, 5.41) is 20.6. The number of hydrogen-bond acceptors (Lipinski definition) is 8. The highest BCUT2D eigenvalue weighted by atomic mass is 32.2. The fourth-order valence-electron chi connectivity index (χ4n) is 5.86. The first kappa shape index (κ1) is 28.7. The summed E-state index contributed by atoms with van der Waals surface area (Å²) in [6.45, 7) is 2.61. The summed E-state index contributed by atoms with van der Waals surface area (Å²) in [7, 11) is -3.85. The zero-order valence-electron chi connectivity index (χ0n) is 21.4. The van der Waals surface area contributed by atoms with Gasteiger partial charge in [0.05, 0.1) is 36.3 Å². The summed E-state index contributed by atoms with van der Waals surface area (Å²) in [5.74, 6) is 0. The predicted molar refractivity (Wildman–Crippen MR) is 144 cm³/mol. The van der Waals surface area contributed by atoms with E-state index in [0.29, 0.717) is 56.6 Å². The minimum Gasteiger partial charge on any atom is -0.391 e. The number of ether oxygens (including phenoxy) is 1. The van der Waals surface area contributed by atoms with Crippen LogP contribution < -0.4 is 4.90 Å². The molecule has 3 saturated heterocycles. The Kier molecular flexibility index (Phi) is 7.72. The average Bonchev–Trinajstić information content (AvgIpc) is 3.04. The third-order valence-electron chi connectivity index (χ3n) is 8.21. The first-order valence-corrected chi connectivity index (χ1v) is 14.7. The van der Waals surface area contributed by atoms with Crippen molar-refractivity contribution in [2.75, 3.05) is 44.3 Å². The predicted octanol–water partition coefficient (Wildman–Crippen LogP) is 2.32. The van der Waals surface area contributed by atoms with Crippen LogP contribution in [0.15, 0.2) is 47.4 Å². The van der Waals surface area contributed by atoms with Crippen molar-refractivity contribution in [2.45, 2.75) is 55.8 Å². The van der Waals surface area contributed by atoms with Crippen molar-refractivity contribution in [3.63, 3.8) is 0 Å². The van der Waals surface area contributed by atoms with Crippen LogP contribution in [0.3, 0.4) is 0 Å². The number of alkyl halides is 3. The van der Waals surface area contributed by atoms with Crippen molar-refractivity contribution in [3.05, 3.63) is 53.0 Å². The monoisotopic (exact) mass is 587 g/mol. The molecule has 1 aliphatic carbocycles. The normalized spacial score (nSPS) is 30.4. The van der Waals surface area contributed by atoms with E-state index >= 15 is 0 Å². The molecule has 3 fully saturated rings.